The van der Waals surface area contributed by atoms with E-state index >= 15 is 0 Å². The first-order valence-electron chi connectivity index (χ1n) is 4.66. The first-order chi connectivity index (χ1) is 7.07. The highest BCUT2D eigenvalue weighted by Gasteiger charge is 2.45. The van der Waals surface area contributed by atoms with E-state index < -0.39 is 12.5 Å². The average molecular weight is 221 g/mol. The molecule has 0 saturated heterocycles. The monoisotopic (exact) mass is 221 g/mol. The maximum absolute atomic E-state index is 9.05. The zero-order valence-corrected chi connectivity index (χ0v) is 8.70. The molecular weight excluding hydrogens is 212 g/mol. The van der Waals surface area contributed by atoms with Crippen molar-refractivity contribution in [1.29, 1.82) is 5.26 Å². The Bertz CT molecular complexity index is 438. The van der Waals surface area contributed by atoms with Crippen molar-refractivity contribution in [3.05, 3.63) is 28.8 Å². The number of halogens is 1. The number of nitriles is 1. The van der Waals surface area contributed by atoms with Gasteiger partial charge in [-0.3, -0.25) is 0 Å². The van der Waals surface area contributed by atoms with E-state index in [0.29, 0.717) is 10.5 Å². The summed E-state index contributed by atoms with van der Waals surface area (Å²) in [6, 6.07) is 7.07. The maximum atomic E-state index is 9.05. The molecule has 0 aliphatic heterocycles. The Morgan fingerprint density at radius 2 is 2.00 bits per heavy atom. The van der Waals surface area contributed by atoms with Gasteiger partial charge >= 0.3 is 7.12 Å². The summed E-state index contributed by atoms with van der Waals surface area (Å²) in [5, 5.41) is 27.5. The molecule has 0 atom stereocenters. The van der Waals surface area contributed by atoms with Crippen molar-refractivity contribution in [3.63, 3.8) is 0 Å². The summed E-state index contributed by atoms with van der Waals surface area (Å²) in [6.45, 7) is 0. The van der Waals surface area contributed by atoms with Gasteiger partial charge in [0.2, 0.25) is 0 Å². The molecule has 0 amide bonds. The zero-order valence-electron chi connectivity index (χ0n) is 7.94. The third-order valence-electron chi connectivity index (χ3n) is 2.73. The molecule has 0 aromatic heterocycles. The van der Waals surface area contributed by atoms with Crippen molar-refractivity contribution >= 4 is 24.2 Å². The summed E-state index contributed by atoms with van der Waals surface area (Å²) < 4.78 is 0. The number of hydrogen-bond acceptors (Lipinski definition) is 3. The van der Waals surface area contributed by atoms with Gasteiger partial charge in [0.05, 0.1) is 11.5 Å². The second-order valence-electron chi connectivity index (χ2n) is 3.84. The molecule has 0 heterocycles. The molecule has 0 radical (unpaired) electrons. The molecule has 0 unspecified atom stereocenters. The minimum atomic E-state index is -1.54. The third kappa shape index (κ3) is 1.87. The Morgan fingerprint density at radius 1 is 1.33 bits per heavy atom. The van der Waals surface area contributed by atoms with E-state index in [1.165, 1.54) is 6.07 Å². The average Bonchev–Trinajstić information content (AvgIpc) is 2.97. The van der Waals surface area contributed by atoms with Crippen LogP contribution in [0.3, 0.4) is 0 Å². The second kappa shape index (κ2) is 3.53. The Morgan fingerprint density at radius 3 is 2.47 bits per heavy atom. The topological polar surface area (TPSA) is 64.2 Å². The highest BCUT2D eigenvalue weighted by molar-refractivity contribution is 6.59. The lowest BCUT2D eigenvalue weighted by Gasteiger charge is -2.09. The van der Waals surface area contributed by atoms with Gasteiger partial charge in [0.1, 0.15) is 0 Å². The number of rotatable bonds is 2. The van der Waals surface area contributed by atoms with Gasteiger partial charge in [0.25, 0.3) is 0 Å². The molecule has 0 bridgehead atoms. The molecule has 2 N–H and O–H groups in total. The molecule has 1 saturated carbocycles. The Kier molecular flexibility index (Phi) is 2.47. The van der Waals surface area contributed by atoms with E-state index in [1.807, 2.05) is 0 Å². The smallest absolute Gasteiger partial charge is 0.423 e. The molecule has 1 aliphatic carbocycles. The summed E-state index contributed by atoms with van der Waals surface area (Å²) in [7, 11) is -1.54. The fourth-order valence-electron chi connectivity index (χ4n) is 1.63. The van der Waals surface area contributed by atoms with Gasteiger partial charge in [-0.05, 0) is 36.0 Å². The van der Waals surface area contributed by atoms with Crippen molar-refractivity contribution < 1.29 is 10.0 Å². The first kappa shape index (κ1) is 10.5. The van der Waals surface area contributed by atoms with Crippen LogP contribution in [-0.4, -0.2) is 17.2 Å². The van der Waals surface area contributed by atoms with E-state index in [9.17, 15) is 0 Å². The molecule has 1 fully saturated rings. The lowest BCUT2D eigenvalue weighted by Crippen LogP contribution is -2.30. The molecule has 5 heteroatoms. The van der Waals surface area contributed by atoms with Crippen molar-refractivity contribution in [3.8, 4) is 6.07 Å². The summed E-state index contributed by atoms with van der Waals surface area (Å²) in [5.74, 6) is 0. The van der Waals surface area contributed by atoms with Crippen LogP contribution in [0, 0.1) is 11.3 Å². The van der Waals surface area contributed by atoms with Crippen LogP contribution in [-0.2, 0) is 5.41 Å². The van der Waals surface area contributed by atoms with Gasteiger partial charge in [-0.15, -0.1) is 0 Å². The minimum absolute atomic E-state index is 0.332. The molecule has 1 aromatic carbocycles. The Balaban J connectivity index is 2.46. The summed E-state index contributed by atoms with van der Waals surface area (Å²) in [5.41, 5.74) is 0.661. The van der Waals surface area contributed by atoms with Crippen LogP contribution in [0.5, 0.6) is 0 Å². The van der Waals surface area contributed by atoms with Crippen LogP contribution < -0.4 is 5.46 Å². The third-order valence-corrected chi connectivity index (χ3v) is 2.95. The molecule has 0 spiro atoms. The van der Waals surface area contributed by atoms with E-state index in [1.54, 1.807) is 12.1 Å². The number of nitrogens with zero attached hydrogens (tertiary/aromatic N) is 1. The first-order valence-corrected chi connectivity index (χ1v) is 5.03. The van der Waals surface area contributed by atoms with Gasteiger partial charge in [0.15, 0.2) is 0 Å². The van der Waals surface area contributed by atoms with Gasteiger partial charge in [-0.1, -0.05) is 17.7 Å². The van der Waals surface area contributed by atoms with Crippen LogP contribution >= 0.6 is 11.6 Å². The van der Waals surface area contributed by atoms with Crippen molar-refractivity contribution in [1.82, 2.24) is 0 Å². The Hall–Kier alpha value is -1.02. The maximum Gasteiger partial charge on any atom is 0.488 e. The van der Waals surface area contributed by atoms with Crippen LogP contribution in [0.1, 0.15) is 18.4 Å². The van der Waals surface area contributed by atoms with Gasteiger partial charge in [-0.2, -0.15) is 5.26 Å². The highest BCUT2D eigenvalue weighted by atomic mass is 35.5. The predicted molar refractivity (Wildman–Crippen MR) is 57.8 cm³/mol. The standard InChI is InChI=1S/C10H9BClNO2/c12-9-4-7(10(6-13)1-2-10)3-8(5-9)11(14)15/h3-5,14-15H,1-2H2. The zero-order chi connectivity index (χ0) is 11.1. The Labute approximate surface area is 93.1 Å². The molecule has 1 aliphatic rings. The van der Waals surface area contributed by atoms with Crippen LogP contribution in [0.2, 0.25) is 5.02 Å². The lowest BCUT2D eigenvalue weighted by atomic mass is 9.78. The number of benzene rings is 1. The summed E-state index contributed by atoms with van der Waals surface area (Å²) in [6.07, 6.45) is 1.62. The van der Waals surface area contributed by atoms with E-state index in [2.05, 4.69) is 6.07 Å². The van der Waals surface area contributed by atoms with Crippen molar-refractivity contribution in [2.45, 2.75) is 18.3 Å². The highest BCUT2D eigenvalue weighted by Crippen LogP contribution is 2.47. The molecular formula is C10H9BClNO2. The molecule has 15 heavy (non-hydrogen) atoms. The predicted octanol–water partition coefficient (Wildman–Crippen LogP) is 0.575. The largest absolute Gasteiger partial charge is 0.488 e. The SMILES string of the molecule is N#CC1(c2cc(Cl)cc(B(O)O)c2)CC1. The van der Waals surface area contributed by atoms with Gasteiger partial charge < -0.3 is 10.0 Å². The van der Waals surface area contributed by atoms with Crippen molar-refractivity contribution in [2.24, 2.45) is 0 Å². The molecule has 76 valence electrons. The summed E-state index contributed by atoms with van der Waals surface area (Å²) in [4.78, 5) is 0. The van der Waals surface area contributed by atoms with Crippen LogP contribution in [0.4, 0.5) is 0 Å². The van der Waals surface area contributed by atoms with Gasteiger partial charge in [-0.25, -0.2) is 0 Å². The van der Waals surface area contributed by atoms with Gasteiger partial charge in [0, 0.05) is 5.02 Å². The molecule has 3 nitrogen and oxygen atoms in total. The summed E-state index contributed by atoms with van der Waals surface area (Å²) >= 11 is 5.85. The molecule has 2 rings (SSSR count). The number of hydrogen-bond donors (Lipinski definition) is 2. The minimum Gasteiger partial charge on any atom is -0.423 e. The second-order valence-corrected chi connectivity index (χ2v) is 4.28. The van der Waals surface area contributed by atoms with Crippen LogP contribution in [0.15, 0.2) is 18.2 Å². The lowest BCUT2D eigenvalue weighted by molar-refractivity contribution is 0.425. The molecule has 1 aromatic rings. The van der Waals surface area contributed by atoms with Crippen molar-refractivity contribution in [2.75, 3.05) is 0 Å². The fraction of sp³-hybridized carbons (Fsp3) is 0.300. The van der Waals surface area contributed by atoms with E-state index in [0.717, 1.165) is 18.4 Å². The van der Waals surface area contributed by atoms with E-state index in [-0.39, 0.29) is 0 Å². The van der Waals surface area contributed by atoms with E-state index in [4.69, 9.17) is 26.9 Å². The normalized spacial score (nSPS) is 16.9. The van der Waals surface area contributed by atoms with Crippen LogP contribution in [0.25, 0.3) is 0 Å². The fourth-order valence-corrected chi connectivity index (χ4v) is 1.87. The quantitative estimate of drug-likeness (QED) is 0.718.